The van der Waals surface area contributed by atoms with Gasteiger partial charge in [0.05, 0.1) is 0 Å². The zero-order chi connectivity index (χ0) is 15.2. The van der Waals surface area contributed by atoms with E-state index in [4.69, 9.17) is 11.5 Å². The van der Waals surface area contributed by atoms with Crippen LogP contribution in [0.25, 0.3) is 0 Å². The molecule has 1 fully saturated rings. The molecule has 1 unspecified atom stereocenters. The zero-order valence-electron chi connectivity index (χ0n) is 12.8. The third kappa shape index (κ3) is 4.93. The first kappa shape index (κ1) is 15.6. The van der Waals surface area contributed by atoms with Gasteiger partial charge in [0.25, 0.3) is 5.91 Å². The van der Waals surface area contributed by atoms with Crippen LogP contribution in [0.15, 0.2) is 18.2 Å². The SMILES string of the molecule is CC(CNC(=O)c1cc(N)cc(N)c1)CN1CCCCC1. The number of benzene rings is 1. The fourth-order valence-electron chi connectivity index (χ4n) is 2.82. The Hall–Kier alpha value is -1.75. The first-order chi connectivity index (χ1) is 10.0. The molecule has 0 bridgehead atoms. The average molecular weight is 290 g/mol. The number of carbonyl (C=O) groups excluding carboxylic acids is 1. The van der Waals surface area contributed by atoms with E-state index in [2.05, 4.69) is 17.1 Å². The summed E-state index contributed by atoms with van der Waals surface area (Å²) < 4.78 is 0. The molecule has 0 aliphatic carbocycles. The molecule has 1 heterocycles. The van der Waals surface area contributed by atoms with Crippen molar-refractivity contribution in [3.05, 3.63) is 23.8 Å². The highest BCUT2D eigenvalue weighted by atomic mass is 16.1. The third-order valence-corrected chi connectivity index (χ3v) is 3.87. The molecule has 1 aliphatic rings. The van der Waals surface area contributed by atoms with Crippen LogP contribution in [0.2, 0.25) is 0 Å². The molecule has 1 amide bonds. The van der Waals surface area contributed by atoms with Gasteiger partial charge in [-0.2, -0.15) is 0 Å². The monoisotopic (exact) mass is 290 g/mol. The molecule has 1 aromatic carbocycles. The van der Waals surface area contributed by atoms with Crippen LogP contribution in [0.3, 0.4) is 0 Å². The third-order valence-electron chi connectivity index (χ3n) is 3.87. The Kier molecular flexibility index (Phi) is 5.44. The average Bonchev–Trinajstić information content (AvgIpc) is 2.45. The Morgan fingerprint density at radius 1 is 1.19 bits per heavy atom. The predicted molar refractivity (Wildman–Crippen MR) is 87.1 cm³/mol. The summed E-state index contributed by atoms with van der Waals surface area (Å²) in [4.78, 5) is 14.6. The maximum atomic E-state index is 12.1. The van der Waals surface area contributed by atoms with Crippen molar-refractivity contribution in [1.29, 1.82) is 0 Å². The van der Waals surface area contributed by atoms with Crippen LogP contribution in [0.1, 0.15) is 36.5 Å². The van der Waals surface area contributed by atoms with Crippen LogP contribution in [-0.2, 0) is 0 Å². The van der Waals surface area contributed by atoms with Crippen molar-refractivity contribution in [2.75, 3.05) is 37.6 Å². The maximum Gasteiger partial charge on any atom is 0.251 e. The Labute approximate surface area is 126 Å². The lowest BCUT2D eigenvalue weighted by molar-refractivity contribution is 0.0942. The molecule has 1 saturated heterocycles. The molecule has 1 atom stereocenters. The highest BCUT2D eigenvalue weighted by molar-refractivity contribution is 5.96. The first-order valence-corrected chi connectivity index (χ1v) is 7.71. The summed E-state index contributed by atoms with van der Waals surface area (Å²) in [7, 11) is 0. The second-order valence-electron chi connectivity index (χ2n) is 6.06. The normalized spacial score (nSPS) is 17.4. The van der Waals surface area contributed by atoms with Gasteiger partial charge in [0.1, 0.15) is 0 Å². The fourth-order valence-corrected chi connectivity index (χ4v) is 2.82. The molecule has 21 heavy (non-hydrogen) atoms. The molecule has 1 aromatic rings. The lowest BCUT2D eigenvalue weighted by atomic mass is 10.1. The van der Waals surface area contributed by atoms with Gasteiger partial charge in [0.2, 0.25) is 0 Å². The highest BCUT2D eigenvalue weighted by Gasteiger charge is 2.14. The van der Waals surface area contributed by atoms with E-state index in [9.17, 15) is 4.79 Å². The first-order valence-electron chi connectivity index (χ1n) is 7.71. The number of anilines is 2. The number of nitrogens with two attached hydrogens (primary N) is 2. The van der Waals surface area contributed by atoms with Gasteiger partial charge < -0.3 is 21.7 Å². The molecule has 5 heteroatoms. The van der Waals surface area contributed by atoms with E-state index in [1.165, 1.54) is 32.4 Å². The number of nitrogens with one attached hydrogen (secondary N) is 1. The Morgan fingerprint density at radius 2 is 1.81 bits per heavy atom. The quantitative estimate of drug-likeness (QED) is 0.721. The summed E-state index contributed by atoms with van der Waals surface area (Å²) in [5, 5.41) is 2.97. The van der Waals surface area contributed by atoms with Crippen molar-refractivity contribution in [3.8, 4) is 0 Å². The van der Waals surface area contributed by atoms with Crippen molar-refractivity contribution >= 4 is 17.3 Å². The molecule has 116 valence electrons. The van der Waals surface area contributed by atoms with Crippen molar-refractivity contribution in [2.45, 2.75) is 26.2 Å². The van der Waals surface area contributed by atoms with Gasteiger partial charge in [-0.25, -0.2) is 0 Å². The van der Waals surface area contributed by atoms with E-state index in [1.807, 2.05) is 0 Å². The highest BCUT2D eigenvalue weighted by Crippen LogP contribution is 2.14. The number of likely N-dealkylation sites (tertiary alicyclic amines) is 1. The van der Waals surface area contributed by atoms with Crippen LogP contribution < -0.4 is 16.8 Å². The summed E-state index contributed by atoms with van der Waals surface area (Å²) in [6.45, 7) is 6.25. The van der Waals surface area contributed by atoms with E-state index < -0.39 is 0 Å². The molecule has 0 aromatic heterocycles. The molecule has 5 N–H and O–H groups in total. The summed E-state index contributed by atoms with van der Waals surface area (Å²) in [6, 6.07) is 4.96. The van der Waals surface area contributed by atoms with Crippen LogP contribution in [0.4, 0.5) is 11.4 Å². The standard InChI is InChI=1S/C16H26N4O/c1-12(11-20-5-3-2-4-6-20)10-19-16(21)13-7-14(17)9-15(18)8-13/h7-9,12H,2-6,10-11,17-18H2,1H3,(H,19,21). The molecule has 0 saturated carbocycles. The smallest absolute Gasteiger partial charge is 0.251 e. The molecule has 0 spiro atoms. The molecular weight excluding hydrogens is 264 g/mol. The van der Waals surface area contributed by atoms with E-state index in [0.29, 0.717) is 29.4 Å². The van der Waals surface area contributed by atoms with Crippen molar-refractivity contribution in [1.82, 2.24) is 10.2 Å². The number of amides is 1. The van der Waals surface area contributed by atoms with E-state index in [1.54, 1.807) is 18.2 Å². The van der Waals surface area contributed by atoms with E-state index >= 15 is 0 Å². The van der Waals surface area contributed by atoms with Crippen molar-refractivity contribution in [3.63, 3.8) is 0 Å². The Morgan fingerprint density at radius 3 is 2.43 bits per heavy atom. The number of hydrogen-bond donors (Lipinski definition) is 3. The van der Waals surface area contributed by atoms with Gasteiger partial charge in [0.15, 0.2) is 0 Å². The summed E-state index contributed by atoms with van der Waals surface area (Å²) in [5.74, 6) is 0.324. The van der Waals surface area contributed by atoms with Crippen LogP contribution >= 0.6 is 0 Å². The number of nitrogens with zero attached hydrogens (tertiary/aromatic N) is 1. The number of rotatable bonds is 5. The van der Waals surface area contributed by atoms with Gasteiger partial charge in [-0.1, -0.05) is 13.3 Å². The molecule has 5 nitrogen and oxygen atoms in total. The minimum atomic E-state index is -0.112. The molecule has 1 aliphatic heterocycles. The van der Waals surface area contributed by atoms with Crippen molar-refractivity contribution < 1.29 is 4.79 Å². The van der Waals surface area contributed by atoms with Crippen LogP contribution in [0, 0.1) is 5.92 Å². The van der Waals surface area contributed by atoms with Gasteiger partial charge in [-0.3, -0.25) is 4.79 Å². The minimum absolute atomic E-state index is 0.112. The number of carbonyl (C=O) groups is 1. The lowest BCUT2D eigenvalue weighted by Gasteiger charge is -2.29. The summed E-state index contributed by atoms with van der Waals surface area (Å²) >= 11 is 0. The summed E-state index contributed by atoms with van der Waals surface area (Å²) in [6.07, 6.45) is 3.93. The molecular formula is C16H26N4O. The van der Waals surface area contributed by atoms with Gasteiger partial charge in [0, 0.05) is 30.0 Å². The second-order valence-corrected chi connectivity index (χ2v) is 6.06. The predicted octanol–water partition coefficient (Wildman–Crippen LogP) is 1.70. The minimum Gasteiger partial charge on any atom is -0.399 e. The van der Waals surface area contributed by atoms with Gasteiger partial charge in [-0.05, 0) is 50.0 Å². The number of hydrogen-bond acceptors (Lipinski definition) is 4. The van der Waals surface area contributed by atoms with Gasteiger partial charge >= 0.3 is 0 Å². The molecule has 2 rings (SSSR count). The van der Waals surface area contributed by atoms with E-state index in [0.717, 1.165) is 6.54 Å². The largest absolute Gasteiger partial charge is 0.399 e. The Bertz CT molecular complexity index is 463. The number of nitrogen functional groups attached to an aromatic ring is 2. The Balaban J connectivity index is 1.79. The zero-order valence-corrected chi connectivity index (χ0v) is 12.8. The fraction of sp³-hybridized carbons (Fsp3) is 0.562. The van der Waals surface area contributed by atoms with Crippen molar-refractivity contribution in [2.24, 2.45) is 5.92 Å². The lowest BCUT2D eigenvalue weighted by Crippen LogP contribution is -2.38. The topological polar surface area (TPSA) is 84.4 Å². The molecule has 0 radical (unpaired) electrons. The second kappa shape index (κ2) is 7.31. The summed E-state index contributed by atoms with van der Waals surface area (Å²) in [5.41, 5.74) is 13.0. The van der Waals surface area contributed by atoms with Gasteiger partial charge in [-0.15, -0.1) is 0 Å². The number of piperidine rings is 1. The maximum absolute atomic E-state index is 12.1. The van der Waals surface area contributed by atoms with E-state index in [-0.39, 0.29) is 5.91 Å². The van der Waals surface area contributed by atoms with Crippen LogP contribution in [-0.4, -0.2) is 37.0 Å². The van der Waals surface area contributed by atoms with Crippen LogP contribution in [0.5, 0.6) is 0 Å².